The van der Waals surface area contributed by atoms with Gasteiger partial charge < -0.3 is 9.30 Å². The van der Waals surface area contributed by atoms with E-state index in [0.717, 1.165) is 36.5 Å². The van der Waals surface area contributed by atoms with Crippen LogP contribution in [0.1, 0.15) is 34.6 Å². The number of hydrogen-bond donors (Lipinski definition) is 0. The number of aryl methyl sites for hydroxylation is 1. The van der Waals surface area contributed by atoms with Crippen molar-refractivity contribution in [2.75, 3.05) is 12.4 Å². The van der Waals surface area contributed by atoms with Crippen molar-refractivity contribution in [2.45, 2.75) is 44.5 Å². The molecule has 0 radical (unpaired) electrons. The van der Waals surface area contributed by atoms with Gasteiger partial charge in [0.25, 0.3) is 0 Å². The Labute approximate surface area is 178 Å². The van der Waals surface area contributed by atoms with E-state index in [-0.39, 0.29) is 17.6 Å². The van der Waals surface area contributed by atoms with Crippen LogP contribution in [-0.2, 0) is 11.3 Å². The summed E-state index contributed by atoms with van der Waals surface area (Å²) in [5.41, 5.74) is 3.61. The van der Waals surface area contributed by atoms with Gasteiger partial charge in [0.05, 0.1) is 18.4 Å². The number of nitrogens with zero attached hydrogens (tertiary/aromatic N) is 5. The number of Topliss-reactive ketones (excluding diaryl/α,β-unsaturated/α-hetero) is 1. The van der Waals surface area contributed by atoms with Crippen molar-refractivity contribution >= 4 is 29.1 Å². The van der Waals surface area contributed by atoms with Crippen LogP contribution in [0.2, 0.25) is 5.02 Å². The molecule has 0 unspecified atom stereocenters. The highest BCUT2D eigenvalue weighted by molar-refractivity contribution is 7.99. The molecular formula is C20H22ClN5O2S. The molecule has 1 aliphatic heterocycles. The second-order valence-electron chi connectivity index (χ2n) is 7.09. The maximum atomic E-state index is 12.9. The molecule has 3 heterocycles. The number of ether oxygens (including phenoxy) is 1. The number of thioether (sulfide) groups is 1. The first-order valence-electron chi connectivity index (χ1n) is 9.51. The molecule has 0 saturated carbocycles. The number of carbonyl (C=O) groups is 1. The topological polar surface area (TPSA) is 74.8 Å². The van der Waals surface area contributed by atoms with Crippen molar-refractivity contribution in [3.63, 3.8) is 0 Å². The minimum atomic E-state index is 0.0509. The summed E-state index contributed by atoms with van der Waals surface area (Å²) >= 11 is 7.36. The number of rotatable bonds is 7. The Morgan fingerprint density at radius 1 is 1.31 bits per heavy atom. The third-order valence-corrected chi connectivity index (χ3v) is 6.26. The van der Waals surface area contributed by atoms with Crippen molar-refractivity contribution in [2.24, 2.45) is 0 Å². The van der Waals surface area contributed by atoms with Gasteiger partial charge in [0.2, 0.25) is 5.16 Å². The van der Waals surface area contributed by atoms with Crippen LogP contribution >= 0.6 is 23.4 Å². The number of aromatic nitrogens is 5. The third kappa shape index (κ3) is 4.39. The van der Waals surface area contributed by atoms with Gasteiger partial charge >= 0.3 is 0 Å². The highest BCUT2D eigenvalue weighted by Crippen LogP contribution is 2.25. The van der Waals surface area contributed by atoms with E-state index in [4.69, 9.17) is 16.3 Å². The molecular weight excluding hydrogens is 410 g/mol. The van der Waals surface area contributed by atoms with Crippen LogP contribution in [0.5, 0.6) is 0 Å². The zero-order valence-electron chi connectivity index (χ0n) is 16.3. The van der Waals surface area contributed by atoms with Crippen molar-refractivity contribution in [1.29, 1.82) is 0 Å². The van der Waals surface area contributed by atoms with E-state index in [1.807, 2.05) is 44.2 Å². The molecule has 152 valence electrons. The van der Waals surface area contributed by atoms with Gasteiger partial charge in [-0.1, -0.05) is 23.4 Å². The van der Waals surface area contributed by atoms with E-state index in [1.165, 1.54) is 11.8 Å². The summed E-state index contributed by atoms with van der Waals surface area (Å²) < 4.78 is 9.45. The molecule has 1 saturated heterocycles. The molecule has 0 aliphatic carbocycles. The highest BCUT2D eigenvalue weighted by atomic mass is 35.5. The van der Waals surface area contributed by atoms with Crippen molar-refractivity contribution < 1.29 is 9.53 Å². The number of hydrogen-bond acceptors (Lipinski definition) is 6. The Balaban J connectivity index is 1.46. The molecule has 3 aromatic rings. The van der Waals surface area contributed by atoms with Gasteiger partial charge in [-0.15, -0.1) is 5.10 Å². The summed E-state index contributed by atoms with van der Waals surface area (Å²) in [7, 11) is 0. The van der Waals surface area contributed by atoms with Crippen molar-refractivity contribution in [3.05, 3.63) is 52.3 Å². The van der Waals surface area contributed by atoms with Crippen LogP contribution in [0.15, 0.2) is 35.5 Å². The van der Waals surface area contributed by atoms with Crippen molar-refractivity contribution in [1.82, 2.24) is 24.8 Å². The molecule has 1 aromatic carbocycles. The smallest absolute Gasteiger partial charge is 0.209 e. The predicted octanol–water partition coefficient (Wildman–Crippen LogP) is 3.89. The lowest BCUT2D eigenvalue weighted by Gasteiger charge is -2.10. The van der Waals surface area contributed by atoms with E-state index >= 15 is 0 Å². The Morgan fingerprint density at radius 2 is 2.10 bits per heavy atom. The number of benzene rings is 1. The summed E-state index contributed by atoms with van der Waals surface area (Å²) in [6.07, 6.45) is 2.23. The Morgan fingerprint density at radius 3 is 2.83 bits per heavy atom. The van der Waals surface area contributed by atoms with Gasteiger partial charge in [-0.25, -0.2) is 4.68 Å². The molecule has 4 rings (SSSR count). The molecule has 0 amide bonds. The molecule has 1 atom stereocenters. The summed E-state index contributed by atoms with van der Waals surface area (Å²) in [6, 6.07) is 9.53. The minimum absolute atomic E-state index is 0.0509. The average molecular weight is 432 g/mol. The summed E-state index contributed by atoms with van der Waals surface area (Å²) in [6.45, 7) is 5.36. The highest BCUT2D eigenvalue weighted by Gasteiger charge is 2.21. The molecule has 9 heteroatoms. The molecule has 0 spiro atoms. The predicted molar refractivity (Wildman–Crippen MR) is 112 cm³/mol. The SMILES string of the molecule is Cc1cc(C(=O)CSc2nnnn2C[C@@H]2CCCO2)c(C)n1-c1ccc(Cl)cc1. The second kappa shape index (κ2) is 8.69. The first kappa shape index (κ1) is 20.1. The maximum absolute atomic E-state index is 12.9. The average Bonchev–Trinajstić information content (AvgIpc) is 3.43. The normalized spacial score (nSPS) is 16.4. The lowest BCUT2D eigenvalue weighted by Crippen LogP contribution is -2.17. The third-order valence-electron chi connectivity index (χ3n) is 5.05. The van der Waals surface area contributed by atoms with Gasteiger partial charge in [0.1, 0.15) is 0 Å². The summed E-state index contributed by atoms with van der Waals surface area (Å²) in [5.74, 6) is 0.326. The number of halogens is 1. The molecule has 29 heavy (non-hydrogen) atoms. The number of carbonyl (C=O) groups excluding carboxylic acids is 1. The van der Waals surface area contributed by atoms with Crippen LogP contribution in [0.3, 0.4) is 0 Å². The monoisotopic (exact) mass is 431 g/mol. The standard InChI is InChI=1S/C20H22ClN5O2S/c1-13-10-18(14(2)26(13)16-7-5-15(21)6-8-16)19(27)12-29-20-22-23-24-25(20)11-17-4-3-9-28-17/h5-8,10,17H,3-4,9,11-12H2,1-2H3/t17-/m0/s1. The minimum Gasteiger partial charge on any atom is -0.376 e. The first-order valence-corrected chi connectivity index (χ1v) is 10.9. The fourth-order valence-corrected chi connectivity index (χ4v) is 4.53. The van der Waals surface area contributed by atoms with Crippen LogP contribution in [0, 0.1) is 13.8 Å². The largest absolute Gasteiger partial charge is 0.376 e. The Kier molecular flexibility index (Phi) is 6.03. The molecule has 1 aliphatic rings. The van der Waals surface area contributed by atoms with Crippen LogP contribution in [0.4, 0.5) is 0 Å². The van der Waals surface area contributed by atoms with E-state index in [2.05, 4.69) is 20.1 Å². The number of tetrazole rings is 1. The van der Waals surface area contributed by atoms with Gasteiger partial charge in [-0.3, -0.25) is 4.79 Å². The molecule has 1 fully saturated rings. The molecule has 2 aromatic heterocycles. The van der Waals surface area contributed by atoms with E-state index in [9.17, 15) is 4.79 Å². The van der Waals surface area contributed by atoms with Gasteiger partial charge in [-0.2, -0.15) is 0 Å². The van der Waals surface area contributed by atoms with Crippen LogP contribution in [-0.4, -0.2) is 49.0 Å². The first-order chi connectivity index (χ1) is 14.0. The van der Waals surface area contributed by atoms with E-state index in [1.54, 1.807) is 4.68 Å². The van der Waals surface area contributed by atoms with E-state index < -0.39 is 0 Å². The Bertz CT molecular complexity index is 1010. The lowest BCUT2D eigenvalue weighted by molar-refractivity contribution is 0.0912. The number of ketones is 1. The summed E-state index contributed by atoms with van der Waals surface area (Å²) in [5, 5.41) is 13.2. The fourth-order valence-electron chi connectivity index (χ4n) is 3.64. The zero-order chi connectivity index (χ0) is 20.4. The van der Waals surface area contributed by atoms with Gasteiger partial charge in [0, 0.05) is 34.3 Å². The van der Waals surface area contributed by atoms with Crippen molar-refractivity contribution in [3.8, 4) is 5.69 Å². The molecule has 0 bridgehead atoms. The molecule has 7 nitrogen and oxygen atoms in total. The molecule has 0 N–H and O–H groups in total. The fraction of sp³-hybridized carbons (Fsp3) is 0.400. The van der Waals surface area contributed by atoms with Crippen LogP contribution < -0.4 is 0 Å². The summed E-state index contributed by atoms with van der Waals surface area (Å²) in [4.78, 5) is 12.9. The quantitative estimate of drug-likeness (QED) is 0.417. The second-order valence-corrected chi connectivity index (χ2v) is 8.47. The zero-order valence-corrected chi connectivity index (χ0v) is 17.9. The van der Waals surface area contributed by atoms with Gasteiger partial charge in [0.15, 0.2) is 5.78 Å². The van der Waals surface area contributed by atoms with Gasteiger partial charge in [-0.05, 0) is 67.4 Å². The van der Waals surface area contributed by atoms with Crippen LogP contribution in [0.25, 0.3) is 5.69 Å². The Hall–Kier alpha value is -2.16. The maximum Gasteiger partial charge on any atom is 0.209 e. The van der Waals surface area contributed by atoms with E-state index in [0.29, 0.717) is 22.3 Å². The lowest BCUT2D eigenvalue weighted by atomic mass is 10.2.